The van der Waals surface area contributed by atoms with Crippen LogP contribution in [-0.2, 0) is 0 Å². The van der Waals surface area contributed by atoms with E-state index in [0.717, 1.165) is 28.8 Å². The molecule has 4 nitrogen and oxygen atoms in total. The molecule has 0 aliphatic carbocycles. The number of ketones is 1. The van der Waals surface area contributed by atoms with Gasteiger partial charge in [-0.1, -0.05) is 12.1 Å². The van der Waals surface area contributed by atoms with Crippen LogP contribution in [0.25, 0.3) is 10.1 Å². The van der Waals surface area contributed by atoms with Crippen LogP contribution in [0, 0.1) is 0 Å². The average molecular weight is 355 g/mol. The monoisotopic (exact) mass is 355 g/mol. The fourth-order valence-corrected chi connectivity index (χ4v) is 3.65. The Morgan fingerprint density at radius 3 is 2.52 bits per heavy atom. The summed E-state index contributed by atoms with van der Waals surface area (Å²) in [6, 6.07) is 14.6. The first kappa shape index (κ1) is 17.5. The van der Waals surface area contributed by atoms with E-state index in [2.05, 4.69) is 4.90 Å². The molecule has 0 aliphatic rings. The molecule has 1 aromatic heterocycles. The normalized spacial score (nSPS) is 11.2. The van der Waals surface area contributed by atoms with E-state index in [4.69, 9.17) is 4.74 Å². The van der Waals surface area contributed by atoms with Crippen LogP contribution in [0.2, 0.25) is 0 Å². The van der Waals surface area contributed by atoms with Crippen LogP contribution in [0.1, 0.15) is 21.7 Å². The largest absolute Gasteiger partial charge is 0.506 e. The topological polar surface area (TPSA) is 49.8 Å². The van der Waals surface area contributed by atoms with Gasteiger partial charge in [0.2, 0.25) is 5.78 Å². The van der Waals surface area contributed by atoms with E-state index in [9.17, 15) is 9.90 Å². The highest BCUT2D eigenvalue weighted by atomic mass is 32.1. The van der Waals surface area contributed by atoms with Crippen molar-refractivity contribution in [2.75, 3.05) is 27.2 Å². The third-order valence-electron chi connectivity index (χ3n) is 3.91. The highest BCUT2D eigenvalue weighted by Crippen LogP contribution is 2.37. The molecule has 130 valence electrons. The summed E-state index contributed by atoms with van der Waals surface area (Å²) in [6.45, 7) is 1.62. The van der Waals surface area contributed by atoms with Gasteiger partial charge in [-0.2, -0.15) is 0 Å². The predicted molar refractivity (Wildman–Crippen MR) is 102 cm³/mol. The second kappa shape index (κ2) is 7.68. The molecule has 0 aliphatic heterocycles. The van der Waals surface area contributed by atoms with Gasteiger partial charge in [0.25, 0.3) is 0 Å². The molecule has 1 heterocycles. The highest BCUT2D eigenvalue weighted by molar-refractivity contribution is 7.21. The standard InChI is InChI=1S/C20H21NO3S/c1-21(2)12-5-13-24-15-10-8-14(9-11-15)18(22)20-19(23)16-6-3-4-7-17(16)25-20/h3-4,6-11,23H,5,12-13H2,1-2H3. The second-order valence-electron chi connectivity index (χ2n) is 6.13. The van der Waals surface area contributed by atoms with Crippen LogP contribution in [0.4, 0.5) is 0 Å². The van der Waals surface area contributed by atoms with Crippen molar-refractivity contribution >= 4 is 27.2 Å². The Balaban J connectivity index is 1.71. The number of hydrogen-bond donors (Lipinski definition) is 1. The minimum Gasteiger partial charge on any atom is -0.506 e. The quantitative estimate of drug-likeness (QED) is 0.510. The number of hydrogen-bond acceptors (Lipinski definition) is 5. The molecule has 25 heavy (non-hydrogen) atoms. The molecule has 3 aromatic rings. The number of carbonyl (C=O) groups excluding carboxylic acids is 1. The number of rotatable bonds is 7. The van der Waals surface area contributed by atoms with E-state index in [1.165, 1.54) is 11.3 Å². The van der Waals surface area contributed by atoms with Gasteiger partial charge in [0, 0.05) is 22.2 Å². The molecule has 0 fully saturated rings. The molecular weight excluding hydrogens is 334 g/mol. The van der Waals surface area contributed by atoms with Crippen LogP contribution in [0.15, 0.2) is 48.5 Å². The Bertz CT molecular complexity index is 868. The Morgan fingerprint density at radius 1 is 1.12 bits per heavy atom. The summed E-state index contributed by atoms with van der Waals surface area (Å²) >= 11 is 1.32. The Labute approximate surface area is 151 Å². The summed E-state index contributed by atoms with van der Waals surface area (Å²) < 4.78 is 6.59. The predicted octanol–water partition coefficient (Wildman–Crippen LogP) is 4.17. The van der Waals surface area contributed by atoms with Crippen LogP contribution in [-0.4, -0.2) is 43.0 Å². The molecule has 0 saturated carbocycles. The fraction of sp³-hybridized carbons (Fsp3) is 0.250. The molecule has 5 heteroatoms. The van der Waals surface area contributed by atoms with Gasteiger partial charge in [-0.25, -0.2) is 0 Å². The molecule has 1 N–H and O–H groups in total. The molecule has 3 rings (SSSR count). The zero-order chi connectivity index (χ0) is 17.8. The summed E-state index contributed by atoms with van der Waals surface area (Å²) in [7, 11) is 4.06. The lowest BCUT2D eigenvalue weighted by atomic mass is 10.1. The van der Waals surface area contributed by atoms with Gasteiger partial charge < -0.3 is 14.7 Å². The Hall–Kier alpha value is -2.37. The molecule has 0 bridgehead atoms. The van der Waals surface area contributed by atoms with E-state index in [-0.39, 0.29) is 11.5 Å². The number of carbonyl (C=O) groups is 1. The Morgan fingerprint density at radius 2 is 1.84 bits per heavy atom. The van der Waals surface area contributed by atoms with Crippen molar-refractivity contribution in [3.63, 3.8) is 0 Å². The highest BCUT2D eigenvalue weighted by Gasteiger charge is 2.19. The lowest BCUT2D eigenvalue weighted by Gasteiger charge is -2.10. The molecule has 0 unspecified atom stereocenters. The van der Waals surface area contributed by atoms with Crippen LogP contribution in [0.3, 0.4) is 0 Å². The minimum absolute atomic E-state index is 0.0645. The molecular formula is C20H21NO3S. The zero-order valence-corrected chi connectivity index (χ0v) is 15.2. The summed E-state index contributed by atoms with van der Waals surface area (Å²) in [4.78, 5) is 15.2. The molecule has 2 aromatic carbocycles. The van der Waals surface area contributed by atoms with Crippen molar-refractivity contribution in [3.8, 4) is 11.5 Å². The van der Waals surface area contributed by atoms with Gasteiger partial charge in [0.15, 0.2) is 0 Å². The molecule has 0 atom stereocenters. The maximum absolute atomic E-state index is 12.7. The summed E-state index contributed by atoms with van der Waals surface area (Å²) in [5.74, 6) is 0.642. The first-order valence-electron chi connectivity index (χ1n) is 8.19. The van der Waals surface area contributed by atoms with E-state index >= 15 is 0 Å². The van der Waals surface area contributed by atoms with E-state index in [1.807, 2.05) is 38.4 Å². The van der Waals surface area contributed by atoms with Gasteiger partial charge in [0.05, 0.1) is 6.61 Å². The second-order valence-corrected chi connectivity index (χ2v) is 7.19. The van der Waals surface area contributed by atoms with Gasteiger partial charge >= 0.3 is 0 Å². The zero-order valence-electron chi connectivity index (χ0n) is 14.4. The van der Waals surface area contributed by atoms with Crippen LogP contribution in [0.5, 0.6) is 11.5 Å². The van der Waals surface area contributed by atoms with E-state index < -0.39 is 0 Å². The number of aromatic hydroxyl groups is 1. The Kier molecular flexibility index (Phi) is 5.36. The lowest BCUT2D eigenvalue weighted by molar-refractivity contribution is 0.104. The van der Waals surface area contributed by atoms with Crippen molar-refractivity contribution in [1.82, 2.24) is 4.90 Å². The van der Waals surface area contributed by atoms with E-state index in [0.29, 0.717) is 17.0 Å². The van der Waals surface area contributed by atoms with Gasteiger partial charge in [-0.3, -0.25) is 4.79 Å². The van der Waals surface area contributed by atoms with Crippen molar-refractivity contribution in [2.45, 2.75) is 6.42 Å². The number of nitrogens with zero attached hydrogens (tertiary/aromatic N) is 1. The van der Waals surface area contributed by atoms with Crippen molar-refractivity contribution in [3.05, 3.63) is 59.0 Å². The smallest absolute Gasteiger partial charge is 0.206 e. The van der Waals surface area contributed by atoms with Gasteiger partial charge in [-0.05, 0) is 56.9 Å². The van der Waals surface area contributed by atoms with Gasteiger partial charge in [-0.15, -0.1) is 11.3 Å². The van der Waals surface area contributed by atoms with E-state index in [1.54, 1.807) is 24.3 Å². The third-order valence-corrected chi connectivity index (χ3v) is 5.07. The summed E-state index contributed by atoms with van der Waals surface area (Å²) in [5, 5.41) is 11.0. The van der Waals surface area contributed by atoms with Crippen molar-refractivity contribution < 1.29 is 14.6 Å². The summed E-state index contributed by atoms with van der Waals surface area (Å²) in [5.41, 5.74) is 0.544. The lowest BCUT2D eigenvalue weighted by Crippen LogP contribution is -2.15. The van der Waals surface area contributed by atoms with Gasteiger partial charge in [0.1, 0.15) is 16.4 Å². The van der Waals surface area contributed by atoms with Crippen LogP contribution >= 0.6 is 11.3 Å². The first-order valence-corrected chi connectivity index (χ1v) is 9.00. The maximum Gasteiger partial charge on any atom is 0.206 e. The number of benzene rings is 2. The minimum atomic E-state index is -0.169. The third kappa shape index (κ3) is 4.00. The van der Waals surface area contributed by atoms with Crippen molar-refractivity contribution in [2.24, 2.45) is 0 Å². The fourth-order valence-electron chi connectivity index (χ4n) is 2.59. The number of fused-ring (bicyclic) bond motifs is 1. The molecule has 0 saturated heterocycles. The number of ether oxygens (including phenoxy) is 1. The molecule has 0 amide bonds. The summed E-state index contributed by atoms with van der Waals surface area (Å²) in [6.07, 6.45) is 0.948. The van der Waals surface area contributed by atoms with Crippen LogP contribution < -0.4 is 4.74 Å². The first-order chi connectivity index (χ1) is 12.1. The number of thiophene rings is 1. The SMILES string of the molecule is CN(C)CCCOc1ccc(C(=O)c2sc3ccccc3c2O)cc1. The molecule has 0 spiro atoms. The maximum atomic E-state index is 12.7. The molecule has 0 radical (unpaired) electrons. The average Bonchev–Trinajstić information content (AvgIpc) is 2.96. The van der Waals surface area contributed by atoms with Crippen molar-refractivity contribution in [1.29, 1.82) is 0 Å².